The SMILES string of the molecule is CN(C)c1ccc(-c2ccc(C(F)(F)CNC(=O)c3ccccc3C(F)(F)F)c(F)c2)cn1. The summed E-state index contributed by atoms with van der Waals surface area (Å²) < 4.78 is 82.9. The highest BCUT2D eigenvalue weighted by atomic mass is 19.4. The molecular weight excluding hydrogens is 448 g/mol. The predicted octanol–water partition coefficient (Wildman–Crippen LogP) is 5.49. The van der Waals surface area contributed by atoms with Gasteiger partial charge in [0.15, 0.2) is 0 Å². The topological polar surface area (TPSA) is 45.2 Å². The van der Waals surface area contributed by atoms with Gasteiger partial charge in [0, 0.05) is 25.9 Å². The highest BCUT2D eigenvalue weighted by Gasteiger charge is 2.38. The van der Waals surface area contributed by atoms with E-state index in [4.69, 9.17) is 0 Å². The standard InChI is InChI=1S/C23H19F6N3O/c1-32(2)20-10-8-15(12-30-20)14-7-9-18(19(24)11-14)22(25,26)13-31-21(33)16-5-3-4-6-17(16)23(27,28)29/h3-12H,13H2,1-2H3,(H,31,33). The van der Waals surface area contributed by atoms with E-state index in [2.05, 4.69) is 4.98 Å². The summed E-state index contributed by atoms with van der Waals surface area (Å²) >= 11 is 0. The molecule has 0 aliphatic carbocycles. The molecule has 1 amide bonds. The fourth-order valence-electron chi connectivity index (χ4n) is 3.12. The van der Waals surface area contributed by atoms with E-state index in [0.29, 0.717) is 23.0 Å². The number of benzene rings is 2. The summed E-state index contributed by atoms with van der Waals surface area (Å²) in [6, 6.07) is 10.2. The lowest BCUT2D eigenvalue weighted by Gasteiger charge is -2.19. The maximum Gasteiger partial charge on any atom is 0.417 e. The maximum absolute atomic E-state index is 14.6. The molecule has 174 valence electrons. The van der Waals surface area contributed by atoms with Crippen molar-refractivity contribution in [2.24, 2.45) is 0 Å². The largest absolute Gasteiger partial charge is 0.417 e. The van der Waals surface area contributed by atoms with Crippen molar-refractivity contribution in [1.29, 1.82) is 0 Å². The maximum atomic E-state index is 14.6. The van der Waals surface area contributed by atoms with Crippen LogP contribution in [0.25, 0.3) is 11.1 Å². The first-order valence-corrected chi connectivity index (χ1v) is 9.66. The number of hydrogen-bond acceptors (Lipinski definition) is 3. The van der Waals surface area contributed by atoms with E-state index in [-0.39, 0.29) is 0 Å². The van der Waals surface area contributed by atoms with Gasteiger partial charge in [-0.25, -0.2) is 9.37 Å². The molecule has 0 saturated carbocycles. The Morgan fingerprint density at radius 2 is 1.61 bits per heavy atom. The van der Waals surface area contributed by atoms with Crippen molar-refractivity contribution in [1.82, 2.24) is 10.3 Å². The Morgan fingerprint density at radius 3 is 2.18 bits per heavy atom. The number of carbonyl (C=O) groups is 1. The molecule has 0 saturated heterocycles. The van der Waals surface area contributed by atoms with E-state index < -0.39 is 47.1 Å². The summed E-state index contributed by atoms with van der Waals surface area (Å²) in [6.07, 6.45) is -3.36. The van der Waals surface area contributed by atoms with Crippen LogP contribution in [0.2, 0.25) is 0 Å². The quantitative estimate of drug-likeness (QED) is 0.488. The fourth-order valence-corrected chi connectivity index (χ4v) is 3.12. The molecule has 0 spiro atoms. The number of nitrogens with zero attached hydrogens (tertiary/aromatic N) is 2. The molecule has 0 aliphatic heterocycles. The van der Waals surface area contributed by atoms with Crippen LogP contribution in [-0.2, 0) is 12.1 Å². The van der Waals surface area contributed by atoms with Crippen molar-refractivity contribution in [3.8, 4) is 11.1 Å². The minimum absolute atomic E-state index is 0.313. The number of pyridine rings is 1. The minimum atomic E-state index is -4.84. The first-order chi connectivity index (χ1) is 15.4. The van der Waals surface area contributed by atoms with E-state index in [1.165, 1.54) is 18.3 Å². The number of carbonyl (C=O) groups excluding carboxylic acids is 1. The summed E-state index contributed by atoms with van der Waals surface area (Å²) in [5.74, 6) is -5.77. The van der Waals surface area contributed by atoms with Gasteiger partial charge in [-0.15, -0.1) is 0 Å². The Kier molecular flexibility index (Phi) is 6.66. The van der Waals surface area contributed by atoms with Crippen LogP contribution in [0, 0.1) is 5.82 Å². The zero-order chi connectivity index (χ0) is 24.4. The van der Waals surface area contributed by atoms with E-state index in [1.807, 2.05) is 0 Å². The van der Waals surface area contributed by atoms with E-state index >= 15 is 0 Å². The van der Waals surface area contributed by atoms with Gasteiger partial charge in [0.25, 0.3) is 11.8 Å². The molecule has 0 aliphatic rings. The number of hydrogen-bond donors (Lipinski definition) is 1. The summed E-state index contributed by atoms with van der Waals surface area (Å²) in [6.45, 7) is -1.38. The predicted molar refractivity (Wildman–Crippen MR) is 112 cm³/mol. The zero-order valence-corrected chi connectivity index (χ0v) is 17.6. The van der Waals surface area contributed by atoms with Gasteiger partial charge in [0.1, 0.15) is 11.6 Å². The van der Waals surface area contributed by atoms with E-state index in [9.17, 15) is 31.1 Å². The van der Waals surface area contributed by atoms with Crippen molar-refractivity contribution in [3.63, 3.8) is 0 Å². The van der Waals surface area contributed by atoms with Crippen LogP contribution >= 0.6 is 0 Å². The van der Waals surface area contributed by atoms with Crippen LogP contribution in [0.3, 0.4) is 0 Å². The van der Waals surface area contributed by atoms with Crippen molar-refractivity contribution < 1.29 is 31.1 Å². The Hall–Kier alpha value is -3.56. The van der Waals surface area contributed by atoms with Gasteiger partial charge in [-0.1, -0.05) is 18.2 Å². The number of amides is 1. The van der Waals surface area contributed by atoms with Crippen LogP contribution in [0.15, 0.2) is 60.8 Å². The summed E-state index contributed by atoms with van der Waals surface area (Å²) in [7, 11) is 3.58. The van der Waals surface area contributed by atoms with Gasteiger partial charge in [-0.3, -0.25) is 4.79 Å². The number of rotatable bonds is 6. The molecule has 1 N–H and O–H groups in total. The van der Waals surface area contributed by atoms with E-state index in [0.717, 1.165) is 24.3 Å². The zero-order valence-electron chi connectivity index (χ0n) is 17.6. The Bertz CT molecular complexity index is 1140. The smallest absolute Gasteiger partial charge is 0.363 e. The van der Waals surface area contributed by atoms with Crippen LogP contribution in [-0.4, -0.2) is 31.5 Å². The normalized spacial score (nSPS) is 11.9. The van der Waals surface area contributed by atoms with Gasteiger partial charge >= 0.3 is 6.18 Å². The first kappa shape index (κ1) is 24.1. The molecule has 0 bridgehead atoms. The minimum Gasteiger partial charge on any atom is -0.363 e. The van der Waals surface area contributed by atoms with Gasteiger partial charge in [0.2, 0.25) is 0 Å². The van der Waals surface area contributed by atoms with Crippen molar-refractivity contribution in [2.75, 3.05) is 25.5 Å². The molecular formula is C23H19F6N3O. The van der Waals surface area contributed by atoms with Gasteiger partial charge < -0.3 is 10.2 Å². The van der Waals surface area contributed by atoms with E-state index in [1.54, 1.807) is 36.4 Å². The average Bonchev–Trinajstić information content (AvgIpc) is 2.76. The van der Waals surface area contributed by atoms with Gasteiger partial charge in [-0.2, -0.15) is 22.0 Å². The van der Waals surface area contributed by atoms with Crippen molar-refractivity contribution >= 4 is 11.7 Å². The highest BCUT2D eigenvalue weighted by molar-refractivity contribution is 5.95. The molecule has 3 aromatic rings. The second-order valence-electron chi connectivity index (χ2n) is 7.42. The molecule has 0 unspecified atom stereocenters. The molecule has 33 heavy (non-hydrogen) atoms. The molecule has 0 atom stereocenters. The lowest BCUT2D eigenvalue weighted by atomic mass is 10.0. The second kappa shape index (κ2) is 9.13. The summed E-state index contributed by atoms with van der Waals surface area (Å²) in [5.41, 5.74) is -2.23. The Morgan fingerprint density at radius 1 is 0.939 bits per heavy atom. The fraction of sp³-hybridized carbons (Fsp3) is 0.217. The summed E-state index contributed by atoms with van der Waals surface area (Å²) in [5, 5.41) is 1.77. The van der Waals surface area contributed by atoms with Gasteiger partial charge in [-0.05, 0) is 42.0 Å². The molecule has 0 radical (unpaired) electrons. The molecule has 4 nitrogen and oxygen atoms in total. The summed E-state index contributed by atoms with van der Waals surface area (Å²) in [4.78, 5) is 18.1. The number of halogens is 6. The van der Waals surface area contributed by atoms with Crippen molar-refractivity contribution in [2.45, 2.75) is 12.1 Å². The first-order valence-electron chi connectivity index (χ1n) is 9.66. The molecule has 3 rings (SSSR count). The Balaban J connectivity index is 1.77. The lowest BCUT2D eigenvalue weighted by molar-refractivity contribution is -0.137. The third-order valence-corrected chi connectivity index (χ3v) is 4.85. The Labute approximate surface area is 185 Å². The van der Waals surface area contributed by atoms with Crippen molar-refractivity contribution in [3.05, 3.63) is 83.3 Å². The number of anilines is 1. The third kappa shape index (κ3) is 5.44. The average molecular weight is 467 g/mol. The number of aromatic nitrogens is 1. The second-order valence-corrected chi connectivity index (χ2v) is 7.42. The number of nitrogens with one attached hydrogen (secondary N) is 1. The molecule has 10 heteroatoms. The molecule has 2 aromatic carbocycles. The van der Waals surface area contributed by atoms with Crippen LogP contribution in [0.5, 0.6) is 0 Å². The number of alkyl halides is 5. The molecule has 1 heterocycles. The van der Waals surface area contributed by atoms with Crippen LogP contribution in [0.4, 0.5) is 32.2 Å². The molecule has 0 fully saturated rings. The highest BCUT2D eigenvalue weighted by Crippen LogP contribution is 2.34. The van der Waals surface area contributed by atoms with Gasteiger partial charge in [0.05, 0.1) is 23.2 Å². The monoisotopic (exact) mass is 467 g/mol. The van der Waals surface area contributed by atoms with Crippen LogP contribution in [0.1, 0.15) is 21.5 Å². The lowest BCUT2D eigenvalue weighted by Crippen LogP contribution is -2.36. The van der Waals surface area contributed by atoms with Crippen LogP contribution < -0.4 is 10.2 Å². The molecule has 1 aromatic heterocycles. The third-order valence-electron chi connectivity index (χ3n) is 4.85.